The number of nitrogens with zero attached hydrogens (tertiary/aromatic N) is 4. The average molecular weight is 243 g/mol. The van der Waals surface area contributed by atoms with Crippen LogP contribution in [0.15, 0.2) is 18.6 Å². The minimum atomic E-state index is 0.415. The van der Waals surface area contributed by atoms with E-state index in [-0.39, 0.29) is 0 Å². The fourth-order valence-corrected chi connectivity index (χ4v) is 2.23. The summed E-state index contributed by atoms with van der Waals surface area (Å²) in [7, 11) is 0. The van der Waals surface area contributed by atoms with Gasteiger partial charge in [-0.25, -0.2) is 0 Å². The highest BCUT2D eigenvalue weighted by atomic mass is 15.3. The van der Waals surface area contributed by atoms with Gasteiger partial charge in [-0.2, -0.15) is 5.10 Å². The van der Waals surface area contributed by atoms with Crippen LogP contribution in [0.25, 0.3) is 11.4 Å². The molecule has 0 aliphatic heterocycles. The van der Waals surface area contributed by atoms with E-state index in [0.29, 0.717) is 11.7 Å². The van der Waals surface area contributed by atoms with Gasteiger partial charge in [0, 0.05) is 18.6 Å². The second-order valence-corrected chi connectivity index (χ2v) is 4.98. The molecule has 1 atom stereocenters. The van der Waals surface area contributed by atoms with Gasteiger partial charge in [-0.15, -0.1) is 0 Å². The molecule has 0 bridgehead atoms. The zero-order valence-corrected chi connectivity index (χ0v) is 10.7. The normalized spacial score (nSPS) is 16.8. The van der Waals surface area contributed by atoms with E-state index in [1.807, 2.05) is 17.8 Å². The van der Waals surface area contributed by atoms with Crippen LogP contribution in [0.3, 0.4) is 0 Å². The predicted molar refractivity (Wildman–Crippen MR) is 69.8 cm³/mol. The quantitative estimate of drug-likeness (QED) is 0.897. The minimum Gasteiger partial charge on any atom is -0.396 e. The van der Waals surface area contributed by atoms with E-state index in [9.17, 15) is 0 Å². The molecule has 5 nitrogen and oxygen atoms in total. The second-order valence-electron chi connectivity index (χ2n) is 4.98. The maximum absolute atomic E-state index is 6.05. The van der Waals surface area contributed by atoms with Gasteiger partial charge in [0.15, 0.2) is 0 Å². The monoisotopic (exact) mass is 243 g/mol. The Morgan fingerprint density at radius 1 is 1.28 bits per heavy atom. The molecule has 1 fully saturated rings. The van der Waals surface area contributed by atoms with Crippen LogP contribution in [-0.4, -0.2) is 19.7 Å². The standard InChI is InChI=1S/C13H17N5/c1-8-12(16-6-5-15-8)13-11(14)7-18(17-13)9(2)10-3-4-10/h5-7,9-10H,3-4,14H2,1-2H3. The highest BCUT2D eigenvalue weighted by Crippen LogP contribution is 2.40. The van der Waals surface area contributed by atoms with Crippen LogP contribution < -0.4 is 5.73 Å². The second kappa shape index (κ2) is 4.08. The fourth-order valence-electron chi connectivity index (χ4n) is 2.23. The van der Waals surface area contributed by atoms with Crippen LogP contribution in [-0.2, 0) is 0 Å². The van der Waals surface area contributed by atoms with Crippen LogP contribution >= 0.6 is 0 Å². The molecule has 3 rings (SSSR count). The molecule has 94 valence electrons. The van der Waals surface area contributed by atoms with Crippen LogP contribution in [0.2, 0.25) is 0 Å². The molecular formula is C13H17N5. The number of hydrogen-bond acceptors (Lipinski definition) is 4. The highest BCUT2D eigenvalue weighted by molar-refractivity contribution is 5.70. The van der Waals surface area contributed by atoms with E-state index in [1.54, 1.807) is 12.4 Å². The van der Waals surface area contributed by atoms with E-state index in [4.69, 9.17) is 5.73 Å². The molecule has 0 radical (unpaired) electrons. The van der Waals surface area contributed by atoms with Crippen LogP contribution in [0.5, 0.6) is 0 Å². The lowest BCUT2D eigenvalue weighted by molar-refractivity contribution is 0.441. The Hall–Kier alpha value is -1.91. The summed E-state index contributed by atoms with van der Waals surface area (Å²) in [6, 6.07) is 0.415. The summed E-state index contributed by atoms with van der Waals surface area (Å²) in [5.41, 5.74) is 9.10. The van der Waals surface area contributed by atoms with Gasteiger partial charge < -0.3 is 5.73 Å². The summed E-state index contributed by atoms with van der Waals surface area (Å²) in [5, 5.41) is 4.59. The molecule has 2 heterocycles. The molecule has 2 N–H and O–H groups in total. The summed E-state index contributed by atoms with van der Waals surface area (Å²) in [6.07, 6.45) is 7.84. The number of anilines is 1. The van der Waals surface area contributed by atoms with Crippen molar-refractivity contribution in [3.05, 3.63) is 24.3 Å². The van der Waals surface area contributed by atoms with Gasteiger partial charge in [-0.05, 0) is 32.6 Å². The zero-order chi connectivity index (χ0) is 12.7. The van der Waals surface area contributed by atoms with Crippen molar-refractivity contribution in [1.82, 2.24) is 19.7 Å². The maximum Gasteiger partial charge on any atom is 0.135 e. The van der Waals surface area contributed by atoms with E-state index in [0.717, 1.165) is 23.0 Å². The number of nitrogens with two attached hydrogens (primary N) is 1. The number of nitrogen functional groups attached to an aromatic ring is 1. The van der Waals surface area contributed by atoms with Crippen molar-refractivity contribution < 1.29 is 0 Å². The Bertz CT molecular complexity index is 571. The van der Waals surface area contributed by atoms with Crippen molar-refractivity contribution in [2.45, 2.75) is 32.7 Å². The number of aryl methyl sites for hydroxylation is 1. The molecule has 5 heteroatoms. The van der Waals surface area contributed by atoms with Crippen molar-refractivity contribution in [3.63, 3.8) is 0 Å². The molecule has 1 unspecified atom stereocenters. The zero-order valence-electron chi connectivity index (χ0n) is 10.7. The van der Waals surface area contributed by atoms with Crippen molar-refractivity contribution >= 4 is 5.69 Å². The van der Waals surface area contributed by atoms with Gasteiger partial charge in [0.05, 0.1) is 17.4 Å². The lowest BCUT2D eigenvalue weighted by Crippen LogP contribution is -2.07. The molecular weight excluding hydrogens is 226 g/mol. The van der Waals surface area contributed by atoms with Crippen molar-refractivity contribution in [1.29, 1.82) is 0 Å². The van der Waals surface area contributed by atoms with E-state index in [2.05, 4.69) is 22.0 Å². The lowest BCUT2D eigenvalue weighted by Gasteiger charge is -2.09. The Kier molecular flexibility index (Phi) is 2.54. The van der Waals surface area contributed by atoms with Gasteiger partial charge in [0.2, 0.25) is 0 Å². The lowest BCUT2D eigenvalue weighted by atomic mass is 10.2. The van der Waals surface area contributed by atoms with Crippen LogP contribution in [0.1, 0.15) is 31.5 Å². The first-order valence-corrected chi connectivity index (χ1v) is 6.29. The molecule has 2 aromatic heterocycles. The third kappa shape index (κ3) is 1.85. The first-order chi connectivity index (χ1) is 8.66. The molecule has 1 saturated carbocycles. The molecule has 18 heavy (non-hydrogen) atoms. The summed E-state index contributed by atoms with van der Waals surface area (Å²) < 4.78 is 1.97. The van der Waals surface area contributed by atoms with Crippen molar-refractivity contribution in [2.24, 2.45) is 5.92 Å². The Morgan fingerprint density at radius 3 is 2.67 bits per heavy atom. The Morgan fingerprint density at radius 2 is 2.00 bits per heavy atom. The molecule has 0 aromatic carbocycles. The summed E-state index contributed by atoms with van der Waals surface area (Å²) in [6.45, 7) is 4.11. The molecule has 1 aliphatic carbocycles. The van der Waals surface area contributed by atoms with Gasteiger partial charge >= 0.3 is 0 Å². The predicted octanol–water partition coefficient (Wildman–Crippen LogP) is 2.20. The average Bonchev–Trinajstić information content (AvgIpc) is 3.13. The summed E-state index contributed by atoms with van der Waals surface area (Å²) in [5.74, 6) is 0.750. The molecule has 0 saturated heterocycles. The largest absolute Gasteiger partial charge is 0.396 e. The maximum atomic E-state index is 6.05. The SMILES string of the molecule is Cc1nccnc1-c1nn(C(C)C2CC2)cc1N. The van der Waals surface area contributed by atoms with Crippen LogP contribution in [0, 0.1) is 12.8 Å². The smallest absolute Gasteiger partial charge is 0.135 e. The fraction of sp³-hybridized carbons (Fsp3) is 0.462. The first-order valence-electron chi connectivity index (χ1n) is 6.29. The topological polar surface area (TPSA) is 69.6 Å². The van der Waals surface area contributed by atoms with Gasteiger partial charge in [-0.1, -0.05) is 0 Å². The van der Waals surface area contributed by atoms with Gasteiger partial charge in [0.25, 0.3) is 0 Å². The molecule has 2 aromatic rings. The first kappa shape index (κ1) is 11.2. The summed E-state index contributed by atoms with van der Waals surface area (Å²) in [4.78, 5) is 8.56. The molecule has 1 aliphatic rings. The third-order valence-corrected chi connectivity index (χ3v) is 3.59. The molecule has 0 spiro atoms. The van der Waals surface area contributed by atoms with Crippen molar-refractivity contribution in [3.8, 4) is 11.4 Å². The highest BCUT2D eigenvalue weighted by Gasteiger charge is 2.30. The van der Waals surface area contributed by atoms with Gasteiger partial charge in [0.1, 0.15) is 11.4 Å². The van der Waals surface area contributed by atoms with Gasteiger partial charge in [-0.3, -0.25) is 14.6 Å². The Labute approximate surface area is 106 Å². The number of aromatic nitrogens is 4. The molecule has 0 amide bonds. The third-order valence-electron chi connectivity index (χ3n) is 3.59. The Balaban J connectivity index is 2.00. The minimum absolute atomic E-state index is 0.415. The van der Waals surface area contributed by atoms with E-state index in [1.165, 1.54) is 12.8 Å². The van der Waals surface area contributed by atoms with E-state index >= 15 is 0 Å². The number of hydrogen-bond donors (Lipinski definition) is 1. The van der Waals surface area contributed by atoms with Crippen LogP contribution in [0.4, 0.5) is 5.69 Å². The van der Waals surface area contributed by atoms with Crippen molar-refractivity contribution in [2.75, 3.05) is 5.73 Å². The summed E-state index contributed by atoms with van der Waals surface area (Å²) >= 11 is 0. The van der Waals surface area contributed by atoms with E-state index < -0.39 is 0 Å². The number of rotatable bonds is 3.